The number of rotatable bonds is 0. The van der Waals surface area contributed by atoms with Gasteiger partial charge >= 0.3 is 0 Å². The Morgan fingerprint density at radius 1 is 1.19 bits per heavy atom. The van der Waals surface area contributed by atoms with Gasteiger partial charge in [0.25, 0.3) is 5.91 Å². The van der Waals surface area contributed by atoms with Crippen molar-refractivity contribution in [1.29, 1.82) is 0 Å². The molecule has 1 amide bonds. The van der Waals surface area contributed by atoms with E-state index in [0.29, 0.717) is 24.9 Å². The maximum absolute atomic E-state index is 12.8. The molecule has 1 aliphatic carbocycles. The predicted octanol–water partition coefficient (Wildman–Crippen LogP) is 1.54. The van der Waals surface area contributed by atoms with Gasteiger partial charge in [-0.05, 0) is 51.4 Å². The Morgan fingerprint density at radius 2 is 2.00 bits per heavy atom. The van der Waals surface area contributed by atoms with E-state index in [1.807, 2.05) is 11.8 Å². The van der Waals surface area contributed by atoms with Gasteiger partial charge in [-0.1, -0.05) is 0 Å². The standard InChI is InChI=1S/C19H28N4O3/c1-12-18-13-4-6-14(7-5-13)25-9-16-15(20)3-2-8-23(16)17(24)10-26-19(18)22-11-21-12/h11,13-16H,2-10,20H2,1H3/t13-,14+,15?,16?. The van der Waals surface area contributed by atoms with Gasteiger partial charge in [0.15, 0.2) is 6.61 Å². The van der Waals surface area contributed by atoms with Gasteiger partial charge in [0.2, 0.25) is 5.88 Å². The molecule has 2 fully saturated rings. The van der Waals surface area contributed by atoms with Crippen molar-refractivity contribution in [2.24, 2.45) is 5.73 Å². The summed E-state index contributed by atoms with van der Waals surface area (Å²) in [5, 5.41) is 0. The lowest BCUT2D eigenvalue weighted by molar-refractivity contribution is -0.140. The minimum atomic E-state index is -0.0649. The summed E-state index contributed by atoms with van der Waals surface area (Å²) in [5.74, 6) is 0.890. The Kier molecular flexibility index (Phi) is 5.09. The van der Waals surface area contributed by atoms with E-state index in [2.05, 4.69) is 9.97 Å². The van der Waals surface area contributed by atoms with E-state index in [1.54, 1.807) is 0 Å². The van der Waals surface area contributed by atoms with Gasteiger partial charge in [-0.2, -0.15) is 0 Å². The SMILES string of the molecule is Cc1ncnc2c1[C@H]1CC[C@H](CC1)OCC1C(N)CCCN1C(=O)CO2. The maximum Gasteiger partial charge on any atom is 0.260 e. The van der Waals surface area contributed by atoms with Crippen LogP contribution < -0.4 is 10.5 Å². The fourth-order valence-corrected chi connectivity index (χ4v) is 4.62. The summed E-state index contributed by atoms with van der Waals surface area (Å²) >= 11 is 0. The predicted molar refractivity (Wildman–Crippen MR) is 95.9 cm³/mol. The summed E-state index contributed by atoms with van der Waals surface area (Å²) in [6.07, 6.45) is 7.70. The number of ether oxygens (including phenoxy) is 2. The number of hydrogen-bond donors (Lipinski definition) is 1. The van der Waals surface area contributed by atoms with Crippen LogP contribution in [0.1, 0.15) is 55.7 Å². The first-order valence-corrected chi connectivity index (χ1v) is 9.74. The van der Waals surface area contributed by atoms with Gasteiger partial charge < -0.3 is 20.1 Å². The summed E-state index contributed by atoms with van der Waals surface area (Å²) in [6.45, 7) is 3.22. The van der Waals surface area contributed by atoms with E-state index in [0.717, 1.165) is 49.8 Å². The highest BCUT2D eigenvalue weighted by atomic mass is 16.5. The van der Waals surface area contributed by atoms with Crippen LogP contribution in [-0.2, 0) is 9.53 Å². The number of nitrogens with zero attached hydrogens (tertiary/aromatic N) is 3. The van der Waals surface area contributed by atoms with Crippen LogP contribution >= 0.6 is 0 Å². The molecule has 2 unspecified atom stereocenters. The molecule has 7 nitrogen and oxygen atoms in total. The number of fused-ring (bicyclic) bond motifs is 5. The first kappa shape index (κ1) is 17.7. The number of nitrogens with two attached hydrogens (primary N) is 1. The number of carbonyl (C=O) groups excluding carboxylic acids is 1. The quantitative estimate of drug-likeness (QED) is 0.755. The minimum absolute atomic E-state index is 0.0111. The third kappa shape index (κ3) is 3.42. The molecule has 4 heterocycles. The number of piperidine rings is 1. The fraction of sp³-hybridized carbons (Fsp3) is 0.737. The molecule has 2 bridgehead atoms. The first-order valence-electron chi connectivity index (χ1n) is 9.74. The number of carbonyl (C=O) groups is 1. The Balaban J connectivity index is 1.64. The molecule has 0 radical (unpaired) electrons. The van der Waals surface area contributed by atoms with E-state index in [9.17, 15) is 4.79 Å². The van der Waals surface area contributed by atoms with Gasteiger partial charge in [0.05, 0.1) is 18.8 Å². The van der Waals surface area contributed by atoms with Crippen LogP contribution in [0.4, 0.5) is 0 Å². The topological polar surface area (TPSA) is 90.6 Å². The lowest BCUT2D eigenvalue weighted by Crippen LogP contribution is -2.57. The van der Waals surface area contributed by atoms with Crippen molar-refractivity contribution in [2.45, 2.75) is 69.6 Å². The zero-order valence-corrected chi connectivity index (χ0v) is 15.4. The highest BCUT2D eigenvalue weighted by molar-refractivity contribution is 5.78. The zero-order valence-electron chi connectivity index (χ0n) is 15.4. The molecule has 5 rings (SSSR count). The summed E-state index contributed by atoms with van der Waals surface area (Å²) in [6, 6.07) is -0.101. The smallest absolute Gasteiger partial charge is 0.260 e. The van der Waals surface area contributed by atoms with E-state index in [4.69, 9.17) is 15.2 Å². The van der Waals surface area contributed by atoms with Gasteiger partial charge in [-0.3, -0.25) is 4.79 Å². The molecule has 142 valence electrons. The Bertz CT molecular complexity index is 660. The molecular weight excluding hydrogens is 332 g/mol. The van der Waals surface area contributed by atoms with E-state index < -0.39 is 0 Å². The van der Waals surface area contributed by atoms with E-state index >= 15 is 0 Å². The third-order valence-electron chi connectivity index (χ3n) is 6.12. The molecule has 0 aromatic carbocycles. The molecule has 1 aromatic heterocycles. The Morgan fingerprint density at radius 3 is 2.81 bits per heavy atom. The van der Waals surface area contributed by atoms with Crippen LogP contribution in [0.2, 0.25) is 0 Å². The maximum atomic E-state index is 12.8. The van der Waals surface area contributed by atoms with Crippen molar-refractivity contribution in [3.8, 4) is 5.88 Å². The molecule has 1 saturated carbocycles. The highest BCUT2D eigenvalue weighted by Gasteiger charge is 2.35. The van der Waals surface area contributed by atoms with Crippen LogP contribution in [0.3, 0.4) is 0 Å². The van der Waals surface area contributed by atoms with Gasteiger partial charge in [0.1, 0.15) is 6.33 Å². The second-order valence-electron chi connectivity index (χ2n) is 7.73. The lowest BCUT2D eigenvalue weighted by Gasteiger charge is -2.40. The monoisotopic (exact) mass is 360 g/mol. The number of amides is 1. The molecule has 7 heteroatoms. The normalized spacial score (nSPS) is 32.5. The first-order chi connectivity index (χ1) is 12.6. The Hall–Kier alpha value is -1.73. The van der Waals surface area contributed by atoms with E-state index in [-0.39, 0.29) is 30.7 Å². The van der Waals surface area contributed by atoms with Crippen molar-refractivity contribution < 1.29 is 14.3 Å². The average molecular weight is 360 g/mol. The van der Waals surface area contributed by atoms with Gasteiger partial charge in [-0.15, -0.1) is 0 Å². The molecule has 0 spiro atoms. The number of aryl methyl sites for hydroxylation is 1. The molecule has 1 aromatic rings. The number of aromatic nitrogens is 2. The molecular formula is C19H28N4O3. The zero-order chi connectivity index (χ0) is 18.1. The van der Waals surface area contributed by atoms with Gasteiger partial charge in [0, 0.05) is 23.8 Å². The van der Waals surface area contributed by atoms with Crippen molar-refractivity contribution in [2.75, 3.05) is 19.8 Å². The Labute approximate surface area is 154 Å². The summed E-state index contributed by atoms with van der Waals surface area (Å²) in [5.41, 5.74) is 8.32. The average Bonchev–Trinajstić information content (AvgIpc) is 2.66. The highest BCUT2D eigenvalue weighted by Crippen LogP contribution is 2.39. The minimum Gasteiger partial charge on any atom is -0.467 e. The molecule has 2 N–H and O–H groups in total. The molecule has 2 atom stereocenters. The second kappa shape index (κ2) is 7.48. The summed E-state index contributed by atoms with van der Waals surface area (Å²) < 4.78 is 12.1. The number of hydrogen-bond acceptors (Lipinski definition) is 6. The molecule has 4 aliphatic rings. The van der Waals surface area contributed by atoms with Crippen LogP contribution in [0.25, 0.3) is 0 Å². The summed E-state index contributed by atoms with van der Waals surface area (Å²) in [7, 11) is 0. The van der Waals surface area contributed by atoms with Crippen molar-refractivity contribution >= 4 is 5.91 Å². The largest absolute Gasteiger partial charge is 0.467 e. The van der Waals surface area contributed by atoms with Crippen LogP contribution in [-0.4, -0.2) is 58.7 Å². The molecule has 26 heavy (non-hydrogen) atoms. The summed E-state index contributed by atoms with van der Waals surface area (Å²) in [4.78, 5) is 23.4. The van der Waals surface area contributed by atoms with Crippen LogP contribution in [0.5, 0.6) is 5.88 Å². The molecule has 1 saturated heterocycles. The second-order valence-corrected chi connectivity index (χ2v) is 7.73. The van der Waals surface area contributed by atoms with Crippen molar-refractivity contribution in [3.63, 3.8) is 0 Å². The van der Waals surface area contributed by atoms with Crippen molar-refractivity contribution in [1.82, 2.24) is 14.9 Å². The molecule has 3 aliphatic heterocycles. The lowest BCUT2D eigenvalue weighted by atomic mass is 9.82. The van der Waals surface area contributed by atoms with Gasteiger partial charge in [-0.25, -0.2) is 9.97 Å². The van der Waals surface area contributed by atoms with Crippen LogP contribution in [0.15, 0.2) is 6.33 Å². The fourth-order valence-electron chi connectivity index (χ4n) is 4.62. The van der Waals surface area contributed by atoms with E-state index in [1.165, 1.54) is 6.33 Å². The van der Waals surface area contributed by atoms with Crippen LogP contribution in [0, 0.1) is 6.92 Å². The van der Waals surface area contributed by atoms with Crippen molar-refractivity contribution in [3.05, 3.63) is 17.6 Å². The third-order valence-corrected chi connectivity index (χ3v) is 6.12.